The van der Waals surface area contributed by atoms with Crippen molar-refractivity contribution < 1.29 is 0 Å². The Hall–Kier alpha value is -9.28. The monoisotopic (exact) mass is 1600 g/mol. The molecule has 3 heteroatoms. The molecular formula is C114H127BrN2. The fraction of sp³-hybridized carbons (Fsp3) is 0.368. The predicted molar refractivity (Wildman–Crippen MR) is 504 cm³/mol. The van der Waals surface area contributed by atoms with Gasteiger partial charge in [0, 0.05) is 32.9 Å². The van der Waals surface area contributed by atoms with Gasteiger partial charge in [0.2, 0.25) is 0 Å². The van der Waals surface area contributed by atoms with E-state index in [1.165, 1.54) is 261 Å². The van der Waals surface area contributed by atoms with E-state index in [1.807, 2.05) is 0 Å². The van der Waals surface area contributed by atoms with Crippen molar-refractivity contribution in [1.29, 1.82) is 0 Å². The highest BCUT2D eigenvalue weighted by atomic mass is 79.9. The van der Waals surface area contributed by atoms with E-state index < -0.39 is 10.8 Å². The lowest BCUT2D eigenvalue weighted by molar-refractivity contribution is 0.443. The van der Waals surface area contributed by atoms with E-state index in [1.54, 1.807) is 0 Å². The van der Waals surface area contributed by atoms with Crippen molar-refractivity contribution in [2.24, 2.45) is 0 Å². The van der Waals surface area contributed by atoms with Crippen LogP contribution < -0.4 is 10.2 Å². The molecule has 0 bridgehead atoms. The molecule has 0 aromatic heterocycles. The molecule has 6 aliphatic carbocycles. The average molecular weight is 1610 g/mol. The number of nitrogens with zero attached hydrogens (tertiary/aromatic N) is 1. The second-order valence-corrected chi connectivity index (χ2v) is 40.5. The Kier molecular flexibility index (Phi) is 23.8. The molecule has 4 fully saturated rings. The van der Waals surface area contributed by atoms with Gasteiger partial charge in [0.15, 0.2) is 0 Å². The van der Waals surface area contributed by atoms with Gasteiger partial charge in [0.1, 0.15) is 0 Å². The molecule has 0 unspecified atom stereocenters. The van der Waals surface area contributed by atoms with Crippen molar-refractivity contribution in [2.45, 2.75) is 268 Å². The van der Waals surface area contributed by atoms with Crippen molar-refractivity contribution in [2.75, 3.05) is 10.2 Å². The van der Waals surface area contributed by atoms with Gasteiger partial charge in [-0.15, -0.1) is 0 Å². The molecule has 0 saturated heterocycles. The fourth-order valence-corrected chi connectivity index (χ4v) is 21.2. The maximum Gasteiger partial charge on any atom is 0.0714 e. The zero-order valence-electron chi connectivity index (χ0n) is 72.3. The molecule has 0 atom stereocenters. The first-order valence-corrected chi connectivity index (χ1v) is 45.8. The third-order valence-electron chi connectivity index (χ3n) is 27.7. The third-order valence-corrected chi connectivity index (χ3v) is 28.3. The molecule has 117 heavy (non-hydrogen) atoms. The van der Waals surface area contributed by atoms with Crippen LogP contribution in [0.25, 0.3) is 22.3 Å². The summed E-state index contributed by atoms with van der Waals surface area (Å²) in [6.45, 7) is 27.6. The molecule has 6 aliphatic rings. The number of benzene rings is 12. The summed E-state index contributed by atoms with van der Waals surface area (Å²) >= 11 is 3.47. The minimum Gasteiger partial charge on any atom is -0.356 e. The van der Waals surface area contributed by atoms with E-state index in [0.29, 0.717) is 11.8 Å². The highest BCUT2D eigenvalue weighted by Gasteiger charge is 2.49. The molecule has 0 spiro atoms. The van der Waals surface area contributed by atoms with Crippen molar-refractivity contribution in [3.63, 3.8) is 0 Å². The minimum atomic E-state index is -0.490. The molecule has 0 aliphatic heterocycles. The van der Waals surface area contributed by atoms with E-state index in [9.17, 15) is 0 Å². The summed E-state index contributed by atoms with van der Waals surface area (Å²) in [4.78, 5) is 2.52. The molecule has 0 heterocycles. The van der Waals surface area contributed by atoms with Crippen LogP contribution >= 0.6 is 15.9 Å². The first-order chi connectivity index (χ1) is 56.4. The summed E-state index contributed by atoms with van der Waals surface area (Å²) in [7, 11) is 0. The van der Waals surface area contributed by atoms with Crippen molar-refractivity contribution in [3.8, 4) is 22.3 Å². The Bertz CT molecular complexity index is 5140. The Morgan fingerprint density at radius 3 is 0.846 bits per heavy atom. The molecule has 12 aromatic carbocycles. The highest BCUT2D eigenvalue weighted by Crippen LogP contribution is 2.60. The number of anilines is 5. The van der Waals surface area contributed by atoms with Crippen LogP contribution in [0.3, 0.4) is 0 Å². The Morgan fingerprint density at radius 1 is 0.256 bits per heavy atom. The van der Waals surface area contributed by atoms with Gasteiger partial charge in [0.25, 0.3) is 0 Å². The van der Waals surface area contributed by atoms with Crippen molar-refractivity contribution in [3.05, 3.63) is 373 Å². The van der Waals surface area contributed by atoms with Crippen LogP contribution in [-0.2, 0) is 32.5 Å². The normalized spacial score (nSPS) is 16.9. The van der Waals surface area contributed by atoms with E-state index in [2.05, 4.69) is 388 Å². The van der Waals surface area contributed by atoms with Crippen LogP contribution in [0.15, 0.2) is 284 Å². The quantitative estimate of drug-likeness (QED) is 0.124. The van der Waals surface area contributed by atoms with Crippen LogP contribution in [0.1, 0.15) is 324 Å². The first kappa shape index (κ1) is 81.5. The smallest absolute Gasteiger partial charge is 0.0714 e. The Balaban J connectivity index is 0.000000154. The Morgan fingerprint density at radius 2 is 0.521 bits per heavy atom. The summed E-state index contributed by atoms with van der Waals surface area (Å²) in [5, 5.41) is 3.79. The SMILES string of the molecule is Brc1ccc(C2CCCCC2)cc1.CC(C)(C)c1ccc(C2(c3ccc(C(C)(C)C)cc3)c3ccccc3-c3ccc(N(c4ccc(C5CCCCC5)cc4)c4ccc(C5CCCCC5)cc4)cc32)cc1.CC(C)(C)c1ccc(C2(c3ccc(C(C)(C)C)cc3)c3ccccc3-c3ccc(Nc4ccc(C5CCCCC5)cc4)cc32)cc1. The third kappa shape index (κ3) is 17.0. The van der Waals surface area contributed by atoms with E-state index in [0.717, 1.165) is 23.2 Å². The maximum atomic E-state index is 3.79. The molecule has 2 nitrogen and oxygen atoms in total. The topological polar surface area (TPSA) is 15.3 Å². The summed E-state index contributed by atoms with van der Waals surface area (Å²) in [5.74, 6) is 2.91. The number of halogens is 1. The summed E-state index contributed by atoms with van der Waals surface area (Å²) in [5.41, 5.74) is 32.7. The van der Waals surface area contributed by atoms with Crippen molar-refractivity contribution >= 4 is 44.4 Å². The fourth-order valence-electron chi connectivity index (χ4n) is 20.9. The van der Waals surface area contributed by atoms with Gasteiger partial charge in [-0.25, -0.2) is 0 Å². The molecule has 12 aromatic rings. The van der Waals surface area contributed by atoms with E-state index in [4.69, 9.17) is 0 Å². The lowest BCUT2D eigenvalue weighted by Gasteiger charge is -2.36. The summed E-state index contributed by atoms with van der Waals surface area (Å²) in [6.07, 6.45) is 27.2. The molecular weight excluding hydrogens is 1480 g/mol. The van der Waals surface area contributed by atoms with Gasteiger partial charge in [-0.2, -0.15) is 0 Å². The molecule has 0 amide bonds. The molecule has 18 rings (SSSR count). The number of fused-ring (bicyclic) bond motifs is 6. The van der Waals surface area contributed by atoms with Gasteiger partial charge in [-0.1, -0.05) is 382 Å². The van der Waals surface area contributed by atoms with Gasteiger partial charge in [-0.3, -0.25) is 0 Å². The second kappa shape index (κ2) is 34.2. The van der Waals surface area contributed by atoms with Crippen LogP contribution in [0.2, 0.25) is 0 Å². The van der Waals surface area contributed by atoms with Crippen LogP contribution in [-0.4, -0.2) is 0 Å². The summed E-state index contributed by atoms with van der Waals surface area (Å²) in [6, 6.07) is 108. The maximum absolute atomic E-state index is 3.79. The lowest BCUT2D eigenvalue weighted by Crippen LogP contribution is -2.29. The van der Waals surface area contributed by atoms with Gasteiger partial charge in [-0.05, 0) is 281 Å². The summed E-state index contributed by atoms with van der Waals surface area (Å²) < 4.78 is 1.19. The van der Waals surface area contributed by atoms with Crippen LogP contribution in [0.5, 0.6) is 0 Å². The number of rotatable bonds is 13. The predicted octanol–water partition coefficient (Wildman–Crippen LogP) is 33.1. The zero-order valence-corrected chi connectivity index (χ0v) is 73.9. The Labute approximate surface area is 712 Å². The van der Waals surface area contributed by atoms with Crippen LogP contribution in [0.4, 0.5) is 28.4 Å². The molecule has 0 radical (unpaired) electrons. The van der Waals surface area contributed by atoms with Crippen molar-refractivity contribution in [1.82, 2.24) is 0 Å². The standard InChI is InChI=1S/C57H63N.C45H49N.C12H15Br/c1-55(2,3)44-25-29-46(30-26-44)57(47-31-27-45(28-32-47)56(4,5)6)53-20-14-13-19-51(53)52-38-37-50(39-54(52)57)58(48-33-21-42(22-34-48)40-15-9-7-10-16-40)49-35-23-43(24-36-49)41-17-11-8-12-18-41;1-43(2,3)33-18-22-35(23-19-33)45(36-24-20-34(21-25-36)44(4,5)6)41-15-11-10-14-39(41)40-29-28-38(30-42(40)45)46-37-26-16-32(17-27-37)31-12-8-7-9-13-31;13-12-8-6-11(7-9-12)10-4-2-1-3-5-10/h13-14,19-41H,7-12,15-18H2,1-6H3;10-11,14-31,46H,7-9,12-13H2,1-6H3;6-10H,1-5H2. The van der Waals surface area contributed by atoms with E-state index >= 15 is 0 Å². The van der Waals surface area contributed by atoms with Gasteiger partial charge >= 0.3 is 0 Å². The molecule has 1 N–H and O–H groups in total. The largest absolute Gasteiger partial charge is 0.356 e. The zero-order chi connectivity index (χ0) is 81.3. The van der Waals surface area contributed by atoms with Crippen LogP contribution in [0, 0.1) is 0 Å². The lowest BCUT2D eigenvalue weighted by atomic mass is 9.67. The number of hydrogen-bond donors (Lipinski definition) is 1. The first-order valence-electron chi connectivity index (χ1n) is 45.0. The molecule has 4 saturated carbocycles. The number of nitrogens with one attached hydrogen (secondary N) is 1. The molecule has 600 valence electrons. The van der Waals surface area contributed by atoms with Gasteiger partial charge in [0.05, 0.1) is 10.8 Å². The highest BCUT2D eigenvalue weighted by molar-refractivity contribution is 9.10. The number of hydrogen-bond acceptors (Lipinski definition) is 2. The average Bonchev–Trinajstić information content (AvgIpc) is 1.55. The van der Waals surface area contributed by atoms with Gasteiger partial charge < -0.3 is 10.2 Å². The van der Waals surface area contributed by atoms with E-state index in [-0.39, 0.29) is 21.7 Å². The second-order valence-electron chi connectivity index (χ2n) is 39.5. The minimum absolute atomic E-state index is 0.0677.